The lowest BCUT2D eigenvalue weighted by Gasteiger charge is -2.12. The van der Waals surface area contributed by atoms with Gasteiger partial charge >= 0.3 is 6.18 Å². The number of rotatable bonds is 3. The number of fused-ring (bicyclic) bond motifs is 1. The lowest BCUT2D eigenvalue weighted by atomic mass is 10.0. The van der Waals surface area contributed by atoms with Crippen LogP contribution in [0.15, 0.2) is 79.1 Å². The molecule has 0 aliphatic carbocycles. The zero-order valence-electron chi connectivity index (χ0n) is 17.3. The van der Waals surface area contributed by atoms with Crippen molar-refractivity contribution in [1.29, 1.82) is 0 Å². The highest BCUT2D eigenvalue weighted by atomic mass is 35.5. The third kappa shape index (κ3) is 3.96. The van der Waals surface area contributed by atoms with Crippen molar-refractivity contribution in [2.75, 3.05) is 0 Å². The van der Waals surface area contributed by atoms with E-state index in [4.69, 9.17) is 11.6 Å². The zero-order chi connectivity index (χ0) is 23.2. The van der Waals surface area contributed by atoms with Gasteiger partial charge < -0.3 is 0 Å². The predicted octanol–water partition coefficient (Wildman–Crippen LogP) is 7.13. The standard InChI is InChI=1S/C25H16ClF3N4/c1-15-7-9-16(10-8-15)23-22-20(25(27,28)29)13-21(17-4-3-11-30-14-17)31-24(22)33(32-23)19-6-2-5-18(26)12-19/h2-14H,1H3. The maximum atomic E-state index is 14.3. The SMILES string of the molecule is Cc1ccc(-c2nn(-c3cccc(Cl)c3)c3nc(-c4cccnc4)cc(C(F)(F)F)c23)cc1. The third-order valence-electron chi connectivity index (χ3n) is 5.28. The topological polar surface area (TPSA) is 43.6 Å². The number of alkyl halides is 3. The molecular formula is C25H16ClF3N4. The van der Waals surface area contributed by atoms with Crippen LogP contribution in [0, 0.1) is 6.92 Å². The molecule has 164 valence electrons. The molecule has 0 saturated carbocycles. The van der Waals surface area contributed by atoms with Crippen molar-refractivity contribution in [2.24, 2.45) is 0 Å². The summed E-state index contributed by atoms with van der Waals surface area (Å²) in [6.45, 7) is 1.91. The molecule has 0 amide bonds. The molecule has 8 heteroatoms. The second kappa shape index (κ2) is 8.01. The summed E-state index contributed by atoms with van der Waals surface area (Å²) >= 11 is 6.17. The zero-order valence-corrected chi connectivity index (χ0v) is 18.1. The number of hydrogen-bond donors (Lipinski definition) is 0. The molecule has 2 aromatic carbocycles. The predicted molar refractivity (Wildman–Crippen MR) is 122 cm³/mol. The molecule has 3 aromatic heterocycles. The van der Waals surface area contributed by atoms with Crippen LogP contribution < -0.4 is 0 Å². The first-order chi connectivity index (χ1) is 15.8. The van der Waals surface area contributed by atoms with Crippen LogP contribution in [-0.2, 0) is 6.18 Å². The number of halogens is 4. The molecule has 0 aliphatic heterocycles. The Morgan fingerprint density at radius 3 is 2.36 bits per heavy atom. The molecule has 5 rings (SSSR count). The Morgan fingerprint density at radius 1 is 0.909 bits per heavy atom. The van der Waals surface area contributed by atoms with Crippen molar-refractivity contribution in [3.05, 3.63) is 95.3 Å². The van der Waals surface area contributed by atoms with E-state index < -0.39 is 11.7 Å². The largest absolute Gasteiger partial charge is 0.417 e. The Labute approximate surface area is 192 Å². The lowest BCUT2D eigenvalue weighted by Crippen LogP contribution is -2.08. The molecule has 0 aliphatic rings. The first kappa shape index (κ1) is 21.2. The fraction of sp³-hybridized carbons (Fsp3) is 0.0800. The summed E-state index contributed by atoms with van der Waals surface area (Å²) in [5.74, 6) is 0. The van der Waals surface area contributed by atoms with Crippen LogP contribution in [0.25, 0.3) is 39.2 Å². The summed E-state index contributed by atoms with van der Waals surface area (Å²) in [4.78, 5) is 8.63. The van der Waals surface area contributed by atoms with Gasteiger partial charge in [-0.05, 0) is 43.3 Å². The fourth-order valence-corrected chi connectivity index (χ4v) is 3.89. The molecule has 3 heterocycles. The smallest absolute Gasteiger partial charge is 0.264 e. The van der Waals surface area contributed by atoms with E-state index in [2.05, 4.69) is 15.1 Å². The van der Waals surface area contributed by atoms with Crippen molar-refractivity contribution in [3.63, 3.8) is 0 Å². The first-order valence-corrected chi connectivity index (χ1v) is 10.4. The van der Waals surface area contributed by atoms with E-state index in [1.165, 1.54) is 10.9 Å². The van der Waals surface area contributed by atoms with Crippen LogP contribution in [0.1, 0.15) is 11.1 Å². The van der Waals surface area contributed by atoms with Gasteiger partial charge in [0.1, 0.15) is 5.69 Å². The van der Waals surface area contributed by atoms with E-state index in [1.54, 1.807) is 54.7 Å². The van der Waals surface area contributed by atoms with Gasteiger partial charge in [-0.3, -0.25) is 4.98 Å². The van der Waals surface area contributed by atoms with E-state index in [1.807, 2.05) is 19.1 Å². The minimum Gasteiger partial charge on any atom is -0.264 e. The Balaban J connectivity index is 1.91. The van der Waals surface area contributed by atoms with Crippen molar-refractivity contribution in [3.8, 4) is 28.2 Å². The van der Waals surface area contributed by atoms with Crippen molar-refractivity contribution < 1.29 is 13.2 Å². The van der Waals surface area contributed by atoms with Gasteiger partial charge in [0.2, 0.25) is 0 Å². The summed E-state index contributed by atoms with van der Waals surface area (Å²) in [5.41, 5.74) is 2.16. The van der Waals surface area contributed by atoms with Crippen LogP contribution in [0.5, 0.6) is 0 Å². The number of benzene rings is 2. The number of nitrogens with zero attached hydrogens (tertiary/aromatic N) is 4. The minimum atomic E-state index is -4.63. The highest BCUT2D eigenvalue weighted by Crippen LogP contribution is 2.41. The molecule has 5 aromatic rings. The van der Waals surface area contributed by atoms with Gasteiger partial charge in [-0.1, -0.05) is 47.5 Å². The molecule has 0 radical (unpaired) electrons. The second-order valence-corrected chi connectivity index (χ2v) is 8.04. The monoisotopic (exact) mass is 464 g/mol. The normalized spacial score (nSPS) is 11.8. The molecule has 0 atom stereocenters. The highest BCUT2D eigenvalue weighted by Gasteiger charge is 2.36. The number of aromatic nitrogens is 4. The molecular weight excluding hydrogens is 449 g/mol. The quantitative estimate of drug-likeness (QED) is 0.285. The van der Waals surface area contributed by atoms with Crippen molar-refractivity contribution in [2.45, 2.75) is 13.1 Å². The maximum Gasteiger partial charge on any atom is 0.417 e. The van der Waals surface area contributed by atoms with Gasteiger partial charge in [-0.25, -0.2) is 9.67 Å². The Bertz CT molecular complexity index is 1460. The Morgan fingerprint density at radius 2 is 1.70 bits per heavy atom. The summed E-state index contributed by atoms with van der Waals surface area (Å²) < 4.78 is 44.5. The molecule has 0 unspecified atom stereocenters. The van der Waals surface area contributed by atoms with E-state index >= 15 is 0 Å². The first-order valence-electron chi connectivity index (χ1n) is 10.1. The minimum absolute atomic E-state index is 0.0704. The molecule has 0 N–H and O–H groups in total. The summed E-state index contributed by atoms with van der Waals surface area (Å²) in [7, 11) is 0. The molecule has 33 heavy (non-hydrogen) atoms. The van der Waals surface area contributed by atoms with E-state index in [0.29, 0.717) is 21.8 Å². The van der Waals surface area contributed by atoms with Gasteiger partial charge in [0, 0.05) is 28.5 Å². The average Bonchev–Trinajstić information content (AvgIpc) is 3.18. The Hall–Kier alpha value is -3.71. The molecule has 4 nitrogen and oxygen atoms in total. The number of pyridine rings is 2. The second-order valence-electron chi connectivity index (χ2n) is 7.60. The summed E-state index contributed by atoms with van der Waals surface area (Å²) in [6.07, 6.45) is -1.59. The van der Waals surface area contributed by atoms with Crippen LogP contribution >= 0.6 is 11.6 Å². The van der Waals surface area contributed by atoms with E-state index in [0.717, 1.165) is 11.6 Å². The van der Waals surface area contributed by atoms with Crippen molar-refractivity contribution in [1.82, 2.24) is 19.7 Å². The molecule has 0 fully saturated rings. The fourth-order valence-electron chi connectivity index (χ4n) is 3.70. The lowest BCUT2D eigenvalue weighted by molar-refractivity contribution is -0.136. The summed E-state index contributed by atoms with van der Waals surface area (Å²) in [5, 5.41) is 4.96. The van der Waals surface area contributed by atoms with Gasteiger partial charge in [0.05, 0.1) is 22.3 Å². The number of aryl methyl sites for hydroxylation is 1. The van der Waals surface area contributed by atoms with Crippen LogP contribution in [-0.4, -0.2) is 19.7 Å². The van der Waals surface area contributed by atoms with Gasteiger partial charge in [0.15, 0.2) is 5.65 Å². The van der Waals surface area contributed by atoms with E-state index in [9.17, 15) is 13.2 Å². The summed E-state index contributed by atoms with van der Waals surface area (Å²) in [6, 6.07) is 18.3. The molecule has 0 bridgehead atoms. The van der Waals surface area contributed by atoms with Gasteiger partial charge in [-0.15, -0.1) is 0 Å². The number of hydrogen-bond acceptors (Lipinski definition) is 3. The van der Waals surface area contributed by atoms with Crippen molar-refractivity contribution >= 4 is 22.6 Å². The third-order valence-corrected chi connectivity index (χ3v) is 5.51. The van der Waals surface area contributed by atoms with Crippen LogP contribution in [0.3, 0.4) is 0 Å². The maximum absolute atomic E-state index is 14.3. The molecule has 0 saturated heterocycles. The average molecular weight is 465 g/mol. The highest BCUT2D eigenvalue weighted by molar-refractivity contribution is 6.30. The van der Waals surface area contributed by atoms with Crippen LogP contribution in [0.2, 0.25) is 5.02 Å². The Kier molecular flexibility index (Phi) is 5.13. The van der Waals surface area contributed by atoms with Gasteiger partial charge in [-0.2, -0.15) is 18.3 Å². The van der Waals surface area contributed by atoms with E-state index in [-0.39, 0.29) is 22.4 Å². The molecule has 0 spiro atoms. The van der Waals surface area contributed by atoms with Gasteiger partial charge in [0.25, 0.3) is 0 Å². The van der Waals surface area contributed by atoms with Crippen LogP contribution in [0.4, 0.5) is 13.2 Å².